The van der Waals surface area contributed by atoms with Crippen molar-refractivity contribution < 1.29 is 24.2 Å². The molecule has 0 amide bonds. The van der Waals surface area contributed by atoms with Crippen LogP contribution in [0.1, 0.15) is 33.1 Å². The first-order valence-electron chi connectivity index (χ1n) is 9.30. The van der Waals surface area contributed by atoms with Crippen LogP contribution in [0.2, 0.25) is 0 Å². The molecular formula is C20H24O5. The van der Waals surface area contributed by atoms with Crippen molar-refractivity contribution in [2.24, 2.45) is 45.8 Å². The highest BCUT2D eigenvalue weighted by Crippen LogP contribution is 2.77. The molecule has 4 saturated carbocycles. The Morgan fingerprint density at radius 1 is 1.24 bits per heavy atom. The lowest BCUT2D eigenvalue weighted by Crippen LogP contribution is -2.63. The molecule has 0 radical (unpaired) electrons. The molecule has 5 rings (SSSR count). The summed E-state index contributed by atoms with van der Waals surface area (Å²) in [6.07, 6.45) is 1.88. The minimum Gasteiger partial charge on any atom is -0.464 e. The van der Waals surface area contributed by atoms with Crippen LogP contribution in [0, 0.1) is 45.8 Å². The van der Waals surface area contributed by atoms with Crippen LogP contribution in [0.25, 0.3) is 0 Å². The van der Waals surface area contributed by atoms with Crippen LogP contribution < -0.4 is 0 Å². The predicted octanol–water partition coefficient (Wildman–Crippen LogP) is 1.53. The zero-order valence-electron chi connectivity index (χ0n) is 14.7. The standard InChI is InChI=1S/C20H24O5/c1-9-10-4-5-12-19(6-10,15(9)22)17(24)25-8-20(12)11(7-21)13-14(16(20)23)18(13,2)3/h10-14,21H,1,4-8H2,2-3H3/t10-,11-,12-,13-,14-,19+,20-/m1/s1. The molecule has 7 atom stereocenters. The average molecular weight is 344 g/mol. The minimum absolute atomic E-state index is 0.0236. The molecule has 25 heavy (non-hydrogen) atoms. The van der Waals surface area contributed by atoms with Crippen LogP contribution in [-0.4, -0.2) is 35.9 Å². The molecule has 1 saturated heterocycles. The summed E-state index contributed by atoms with van der Waals surface area (Å²) < 4.78 is 5.53. The lowest BCUT2D eigenvalue weighted by atomic mass is 9.50. The van der Waals surface area contributed by atoms with Gasteiger partial charge in [-0.1, -0.05) is 20.4 Å². The quantitative estimate of drug-likeness (QED) is 0.443. The van der Waals surface area contributed by atoms with Gasteiger partial charge in [0.1, 0.15) is 17.8 Å². The fraction of sp³-hybridized carbons (Fsp3) is 0.750. The molecule has 5 fully saturated rings. The summed E-state index contributed by atoms with van der Waals surface area (Å²) in [7, 11) is 0. The van der Waals surface area contributed by atoms with E-state index < -0.39 is 16.8 Å². The van der Waals surface area contributed by atoms with Crippen LogP contribution in [0.5, 0.6) is 0 Å². The number of fused-ring (bicyclic) bond motifs is 3. The number of ether oxygens (including phenoxy) is 1. The van der Waals surface area contributed by atoms with Gasteiger partial charge in [-0.15, -0.1) is 0 Å². The molecular weight excluding hydrogens is 320 g/mol. The molecule has 0 aromatic carbocycles. The number of cyclic esters (lactones) is 1. The molecule has 134 valence electrons. The number of esters is 1. The second kappa shape index (κ2) is 4.25. The van der Waals surface area contributed by atoms with E-state index in [1.807, 2.05) is 0 Å². The molecule has 0 aromatic heterocycles. The summed E-state index contributed by atoms with van der Waals surface area (Å²) in [4.78, 5) is 39.3. The second-order valence-corrected chi connectivity index (χ2v) is 9.45. The van der Waals surface area contributed by atoms with Crippen molar-refractivity contribution in [1.82, 2.24) is 0 Å². The highest BCUT2D eigenvalue weighted by Gasteiger charge is 2.82. The number of aliphatic hydroxyl groups excluding tert-OH is 1. The third kappa shape index (κ3) is 1.39. The average Bonchev–Trinajstić information content (AvgIpc) is 2.96. The van der Waals surface area contributed by atoms with Crippen molar-refractivity contribution >= 4 is 17.5 Å². The van der Waals surface area contributed by atoms with Gasteiger partial charge in [-0.25, -0.2) is 0 Å². The lowest BCUT2D eigenvalue weighted by Gasteiger charge is -2.53. The van der Waals surface area contributed by atoms with Gasteiger partial charge >= 0.3 is 5.97 Å². The van der Waals surface area contributed by atoms with Crippen LogP contribution in [0.3, 0.4) is 0 Å². The highest BCUT2D eigenvalue weighted by molar-refractivity contribution is 6.16. The van der Waals surface area contributed by atoms with E-state index in [4.69, 9.17) is 4.74 Å². The van der Waals surface area contributed by atoms with Crippen LogP contribution in [-0.2, 0) is 19.1 Å². The van der Waals surface area contributed by atoms with E-state index in [0.29, 0.717) is 18.4 Å². The summed E-state index contributed by atoms with van der Waals surface area (Å²) in [6, 6.07) is 0. The maximum Gasteiger partial charge on any atom is 0.320 e. The third-order valence-corrected chi connectivity index (χ3v) is 8.53. The first-order chi connectivity index (χ1) is 11.7. The van der Waals surface area contributed by atoms with E-state index in [9.17, 15) is 19.5 Å². The number of Topliss-reactive ketones (excluding diaryl/α,β-unsaturated/α-hetero) is 2. The fourth-order valence-electron chi connectivity index (χ4n) is 7.30. The number of hydrogen-bond acceptors (Lipinski definition) is 5. The third-order valence-electron chi connectivity index (χ3n) is 8.53. The maximum atomic E-state index is 13.5. The summed E-state index contributed by atoms with van der Waals surface area (Å²) in [5.41, 5.74) is -1.71. The first-order valence-corrected chi connectivity index (χ1v) is 9.30. The Labute approximate surface area is 146 Å². The molecule has 4 aliphatic carbocycles. The largest absolute Gasteiger partial charge is 0.464 e. The molecule has 5 nitrogen and oxygen atoms in total. The second-order valence-electron chi connectivity index (χ2n) is 9.45. The van der Waals surface area contributed by atoms with Gasteiger partial charge in [0.2, 0.25) is 0 Å². The molecule has 2 bridgehead atoms. The Hall–Kier alpha value is -1.49. The number of ketones is 2. The van der Waals surface area contributed by atoms with E-state index in [1.165, 1.54) is 0 Å². The number of carbonyl (C=O) groups excluding carboxylic acids is 3. The molecule has 1 aliphatic heterocycles. The lowest BCUT2D eigenvalue weighted by molar-refractivity contribution is -0.200. The van der Waals surface area contributed by atoms with Crippen molar-refractivity contribution in [2.75, 3.05) is 13.2 Å². The minimum atomic E-state index is -1.23. The molecule has 5 heteroatoms. The number of rotatable bonds is 1. The zero-order chi connectivity index (χ0) is 17.9. The summed E-state index contributed by atoms with van der Waals surface area (Å²) in [6.45, 7) is 7.99. The van der Waals surface area contributed by atoms with Gasteiger partial charge in [0.15, 0.2) is 5.78 Å². The first kappa shape index (κ1) is 15.7. The Bertz CT molecular complexity index is 751. The van der Waals surface area contributed by atoms with Gasteiger partial charge in [-0.2, -0.15) is 0 Å². The highest BCUT2D eigenvalue weighted by atomic mass is 16.5. The zero-order valence-corrected chi connectivity index (χ0v) is 14.7. The van der Waals surface area contributed by atoms with Crippen LogP contribution in [0.4, 0.5) is 0 Å². The normalized spacial score (nSPS) is 52.2. The van der Waals surface area contributed by atoms with Crippen molar-refractivity contribution in [2.45, 2.75) is 33.1 Å². The molecule has 5 aliphatic rings. The summed E-state index contributed by atoms with van der Waals surface area (Å²) in [5.74, 6) is -1.09. The van der Waals surface area contributed by atoms with E-state index in [0.717, 1.165) is 6.42 Å². The van der Waals surface area contributed by atoms with Gasteiger partial charge < -0.3 is 9.84 Å². The SMILES string of the molecule is C=C1C(=O)[C@]23C[C@H]1CC[C@H]2[C@]1(COC3=O)C(=O)[C@H]2[C@@H]([C@H]1CO)C2(C)C. The van der Waals surface area contributed by atoms with Gasteiger partial charge in [0.05, 0.1) is 5.41 Å². The van der Waals surface area contributed by atoms with Crippen LogP contribution in [0.15, 0.2) is 12.2 Å². The van der Waals surface area contributed by atoms with E-state index >= 15 is 0 Å². The number of allylic oxidation sites excluding steroid dienone is 1. The van der Waals surface area contributed by atoms with Gasteiger partial charge in [0, 0.05) is 18.4 Å². The van der Waals surface area contributed by atoms with Gasteiger partial charge in [-0.3, -0.25) is 14.4 Å². The predicted molar refractivity (Wildman–Crippen MR) is 87.1 cm³/mol. The van der Waals surface area contributed by atoms with Gasteiger partial charge in [-0.05, 0) is 48.0 Å². The van der Waals surface area contributed by atoms with Crippen molar-refractivity contribution in [3.8, 4) is 0 Å². The van der Waals surface area contributed by atoms with Crippen molar-refractivity contribution in [1.29, 1.82) is 0 Å². The Morgan fingerprint density at radius 3 is 2.64 bits per heavy atom. The van der Waals surface area contributed by atoms with E-state index in [-0.39, 0.29) is 59.8 Å². The molecule has 0 unspecified atom stereocenters. The number of aliphatic hydroxyl groups is 1. The Balaban J connectivity index is 1.67. The fourth-order valence-corrected chi connectivity index (χ4v) is 7.30. The van der Waals surface area contributed by atoms with Crippen molar-refractivity contribution in [3.63, 3.8) is 0 Å². The topological polar surface area (TPSA) is 80.7 Å². The Morgan fingerprint density at radius 2 is 1.96 bits per heavy atom. The number of hydrogen-bond donors (Lipinski definition) is 1. The van der Waals surface area contributed by atoms with E-state index in [1.54, 1.807) is 0 Å². The molecule has 0 aromatic rings. The summed E-state index contributed by atoms with van der Waals surface area (Å²) in [5, 5.41) is 10.2. The monoisotopic (exact) mass is 344 g/mol. The van der Waals surface area contributed by atoms with Crippen LogP contribution >= 0.6 is 0 Å². The smallest absolute Gasteiger partial charge is 0.320 e. The molecule has 2 spiro atoms. The van der Waals surface area contributed by atoms with Gasteiger partial charge in [0.25, 0.3) is 0 Å². The molecule has 1 heterocycles. The summed E-state index contributed by atoms with van der Waals surface area (Å²) >= 11 is 0. The maximum absolute atomic E-state index is 13.5. The Kier molecular flexibility index (Phi) is 2.68. The molecule has 1 N–H and O–H groups in total. The number of carbonyl (C=O) groups is 3. The van der Waals surface area contributed by atoms with E-state index in [2.05, 4.69) is 20.4 Å². The van der Waals surface area contributed by atoms with Crippen molar-refractivity contribution in [3.05, 3.63) is 12.2 Å².